The van der Waals surface area contributed by atoms with E-state index < -0.39 is 5.60 Å². The highest BCUT2D eigenvalue weighted by atomic mass is 16.5. The zero-order chi connectivity index (χ0) is 14.7. The lowest BCUT2D eigenvalue weighted by Gasteiger charge is -2.31. The van der Waals surface area contributed by atoms with E-state index in [9.17, 15) is 0 Å². The SMILES string of the molecule is CCOC(CC)(CC)c1nc(N)nc(C(C)(C)C)n1. The molecule has 108 valence electrons. The fraction of sp³-hybridized carbons (Fsp3) is 0.786. The summed E-state index contributed by atoms with van der Waals surface area (Å²) in [5.41, 5.74) is 5.21. The van der Waals surface area contributed by atoms with E-state index in [1.807, 2.05) is 6.92 Å². The van der Waals surface area contributed by atoms with Crippen molar-refractivity contribution in [2.24, 2.45) is 0 Å². The first kappa shape index (κ1) is 15.8. The maximum Gasteiger partial charge on any atom is 0.223 e. The van der Waals surface area contributed by atoms with E-state index in [0.717, 1.165) is 12.8 Å². The molecule has 1 aromatic heterocycles. The Morgan fingerprint density at radius 2 is 1.47 bits per heavy atom. The molecule has 0 aliphatic carbocycles. The topological polar surface area (TPSA) is 73.9 Å². The van der Waals surface area contributed by atoms with Crippen molar-refractivity contribution in [1.29, 1.82) is 0 Å². The Labute approximate surface area is 116 Å². The average Bonchev–Trinajstić information content (AvgIpc) is 2.34. The summed E-state index contributed by atoms with van der Waals surface area (Å²) in [4.78, 5) is 13.2. The molecule has 1 heterocycles. The number of aromatic nitrogens is 3. The Morgan fingerprint density at radius 1 is 0.947 bits per heavy atom. The molecule has 0 saturated carbocycles. The Bertz CT molecular complexity index is 422. The highest BCUT2D eigenvalue weighted by Gasteiger charge is 2.34. The van der Waals surface area contributed by atoms with Crippen molar-refractivity contribution in [3.05, 3.63) is 11.6 Å². The number of hydrogen-bond acceptors (Lipinski definition) is 5. The van der Waals surface area contributed by atoms with Crippen molar-refractivity contribution in [2.45, 2.75) is 65.4 Å². The molecule has 0 aliphatic rings. The van der Waals surface area contributed by atoms with E-state index in [1.54, 1.807) is 0 Å². The number of ether oxygens (including phenoxy) is 1. The van der Waals surface area contributed by atoms with Gasteiger partial charge in [0.2, 0.25) is 5.95 Å². The molecule has 5 heteroatoms. The molecule has 2 N–H and O–H groups in total. The molecular weight excluding hydrogens is 240 g/mol. The van der Waals surface area contributed by atoms with Gasteiger partial charge in [0.05, 0.1) is 0 Å². The largest absolute Gasteiger partial charge is 0.368 e. The minimum atomic E-state index is -0.466. The molecule has 19 heavy (non-hydrogen) atoms. The van der Waals surface area contributed by atoms with Crippen LogP contribution in [0.5, 0.6) is 0 Å². The molecular formula is C14H26N4O. The first-order valence-electron chi connectivity index (χ1n) is 6.95. The second-order valence-corrected chi connectivity index (χ2v) is 5.73. The molecule has 0 spiro atoms. The molecule has 0 bridgehead atoms. The van der Waals surface area contributed by atoms with Crippen molar-refractivity contribution >= 4 is 5.95 Å². The summed E-state index contributed by atoms with van der Waals surface area (Å²) in [6.45, 7) is 12.9. The van der Waals surface area contributed by atoms with Crippen LogP contribution in [-0.4, -0.2) is 21.6 Å². The fourth-order valence-electron chi connectivity index (χ4n) is 2.04. The zero-order valence-corrected chi connectivity index (χ0v) is 12.9. The van der Waals surface area contributed by atoms with Crippen molar-refractivity contribution in [3.8, 4) is 0 Å². The van der Waals surface area contributed by atoms with Gasteiger partial charge in [-0.1, -0.05) is 34.6 Å². The maximum absolute atomic E-state index is 5.93. The number of anilines is 1. The maximum atomic E-state index is 5.93. The zero-order valence-electron chi connectivity index (χ0n) is 12.9. The summed E-state index contributed by atoms with van der Waals surface area (Å²) < 4.78 is 5.93. The lowest BCUT2D eigenvalue weighted by Crippen LogP contribution is -2.33. The van der Waals surface area contributed by atoms with E-state index in [0.29, 0.717) is 18.3 Å². The van der Waals surface area contributed by atoms with Crippen LogP contribution >= 0.6 is 0 Å². The summed E-state index contributed by atoms with van der Waals surface area (Å²) in [5, 5.41) is 0. The van der Waals surface area contributed by atoms with Gasteiger partial charge in [0.25, 0.3) is 0 Å². The predicted molar refractivity (Wildman–Crippen MR) is 76.8 cm³/mol. The van der Waals surface area contributed by atoms with Crippen LogP contribution in [-0.2, 0) is 15.8 Å². The number of nitrogen functional groups attached to an aromatic ring is 1. The summed E-state index contributed by atoms with van der Waals surface area (Å²) in [6.07, 6.45) is 1.62. The molecule has 0 atom stereocenters. The summed E-state index contributed by atoms with van der Waals surface area (Å²) >= 11 is 0. The van der Waals surface area contributed by atoms with Gasteiger partial charge < -0.3 is 10.5 Å². The van der Waals surface area contributed by atoms with Crippen LogP contribution in [0.25, 0.3) is 0 Å². The van der Waals surface area contributed by atoms with Gasteiger partial charge in [0.1, 0.15) is 11.4 Å². The van der Waals surface area contributed by atoms with Crippen molar-refractivity contribution in [1.82, 2.24) is 15.0 Å². The molecule has 0 aromatic carbocycles. The van der Waals surface area contributed by atoms with Gasteiger partial charge in [0, 0.05) is 12.0 Å². The van der Waals surface area contributed by atoms with Crippen molar-refractivity contribution < 1.29 is 4.74 Å². The highest BCUT2D eigenvalue weighted by Crippen LogP contribution is 2.32. The minimum Gasteiger partial charge on any atom is -0.368 e. The van der Waals surface area contributed by atoms with Crippen LogP contribution in [0.1, 0.15) is 66.0 Å². The summed E-state index contributed by atoms with van der Waals surface area (Å²) in [5.74, 6) is 1.62. The van der Waals surface area contributed by atoms with E-state index in [2.05, 4.69) is 49.6 Å². The number of rotatable bonds is 5. The number of nitrogens with zero attached hydrogens (tertiary/aromatic N) is 3. The molecule has 0 unspecified atom stereocenters. The van der Waals surface area contributed by atoms with E-state index in [4.69, 9.17) is 10.5 Å². The monoisotopic (exact) mass is 266 g/mol. The second-order valence-electron chi connectivity index (χ2n) is 5.73. The third-order valence-corrected chi connectivity index (χ3v) is 3.29. The van der Waals surface area contributed by atoms with Crippen LogP contribution in [0.15, 0.2) is 0 Å². The van der Waals surface area contributed by atoms with E-state index in [1.165, 1.54) is 0 Å². The minimum absolute atomic E-state index is 0.161. The molecule has 0 saturated heterocycles. The Hall–Kier alpha value is -1.23. The van der Waals surface area contributed by atoms with Crippen molar-refractivity contribution in [2.75, 3.05) is 12.3 Å². The number of nitrogens with two attached hydrogens (primary N) is 1. The fourth-order valence-corrected chi connectivity index (χ4v) is 2.04. The van der Waals surface area contributed by atoms with Gasteiger partial charge in [0.15, 0.2) is 5.82 Å². The molecule has 5 nitrogen and oxygen atoms in total. The lowest BCUT2D eigenvalue weighted by molar-refractivity contribution is -0.0574. The van der Waals surface area contributed by atoms with Gasteiger partial charge in [-0.3, -0.25) is 0 Å². The standard InChI is InChI=1S/C14H26N4O/c1-7-14(8-2,19-9-3)11-16-10(13(4,5)6)17-12(15)18-11/h7-9H2,1-6H3,(H2,15,16,17,18). The molecule has 0 amide bonds. The summed E-state index contributed by atoms with van der Waals surface area (Å²) in [7, 11) is 0. The summed E-state index contributed by atoms with van der Waals surface area (Å²) in [6, 6.07) is 0. The first-order chi connectivity index (χ1) is 8.79. The van der Waals surface area contributed by atoms with Gasteiger partial charge in [-0.2, -0.15) is 9.97 Å². The highest BCUT2D eigenvalue weighted by molar-refractivity contribution is 5.21. The van der Waals surface area contributed by atoms with Crippen LogP contribution in [0.2, 0.25) is 0 Å². The third kappa shape index (κ3) is 3.41. The normalized spacial score (nSPS) is 12.7. The quantitative estimate of drug-likeness (QED) is 0.887. The predicted octanol–water partition coefficient (Wildman–Crippen LogP) is 2.80. The van der Waals surface area contributed by atoms with E-state index in [-0.39, 0.29) is 11.4 Å². The Kier molecular flexibility index (Phi) is 4.85. The Balaban J connectivity index is 3.35. The van der Waals surface area contributed by atoms with Gasteiger partial charge in [-0.25, -0.2) is 4.98 Å². The average molecular weight is 266 g/mol. The molecule has 0 fully saturated rings. The molecule has 0 aliphatic heterocycles. The van der Waals surface area contributed by atoms with Crippen LogP contribution < -0.4 is 5.73 Å². The van der Waals surface area contributed by atoms with Gasteiger partial charge >= 0.3 is 0 Å². The number of hydrogen-bond donors (Lipinski definition) is 1. The molecule has 0 radical (unpaired) electrons. The van der Waals surface area contributed by atoms with Crippen molar-refractivity contribution in [3.63, 3.8) is 0 Å². The smallest absolute Gasteiger partial charge is 0.223 e. The van der Waals surface area contributed by atoms with Gasteiger partial charge in [-0.15, -0.1) is 0 Å². The van der Waals surface area contributed by atoms with E-state index >= 15 is 0 Å². The lowest BCUT2D eigenvalue weighted by atomic mass is 9.93. The Morgan fingerprint density at radius 3 is 1.89 bits per heavy atom. The van der Waals surface area contributed by atoms with Crippen LogP contribution in [0, 0.1) is 0 Å². The van der Waals surface area contributed by atoms with Crippen LogP contribution in [0.3, 0.4) is 0 Å². The van der Waals surface area contributed by atoms with Gasteiger partial charge in [-0.05, 0) is 19.8 Å². The molecule has 1 rings (SSSR count). The second kappa shape index (κ2) is 5.82. The van der Waals surface area contributed by atoms with Crippen LogP contribution in [0.4, 0.5) is 5.95 Å². The third-order valence-electron chi connectivity index (χ3n) is 3.29. The first-order valence-corrected chi connectivity index (χ1v) is 6.95. The molecule has 1 aromatic rings.